The van der Waals surface area contributed by atoms with Crippen LogP contribution >= 0.6 is 0 Å². The Kier molecular flexibility index (Phi) is 15.0. The summed E-state index contributed by atoms with van der Waals surface area (Å²) in [5, 5.41) is 20.9. The molecule has 12 nitrogen and oxygen atoms in total. The summed E-state index contributed by atoms with van der Waals surface area (Å²) < 4.78 is 9.31. The highest BCUT2D eigenvalue weighted by atomic mass is 16.5. The molecule has 0 radical (unpaired) electrons. The summed E-state index contributed by atoms with van der Waals surface area (Å²) in [6.07, 6.45) is -2.27. The van der Waals surface area contributed by atoms with E-state index < -0.39 is 48.2 Å². The number of nitrogens with one attached hydrogen (secondary N) is 4. The lowest BCUT2D eigenvalue weighted by Gasteiger charge is -2.33. The third-order valence-corrected chi connectivity index (χ3v) is 6.17. The molecule has 0 aliphatic heterocycles. The summed E-state index contributed by atoms with van der Waals surface area (Å²) in [6.45, 7) is 11.5. The Morgan fingerprint density at radius 3 is 1.73 bits per heavy atom. The summed E-state index contributed by atoms with van der Waals surface area (Å²) in [6, 6.07) is 6.86. The molecule has 5 N–H and O–H groups in total. The number of alkyl carbamates (subject to hydrolysis) is 2. The first-order valence-corrected chi connectivity index (χ1v) is 13.6. The van der Waals surface area contributed by atoms with Crippen molar-refractivity contribution in [2.24, 2.45) is 17.8 Å². The van der Waals surface area contributed by atoms with Crippen molar-refractivity contribution in [3.63, 3.8) is 0 Å². The maximum Gasteiger partial charge on any atom is 0.407 e. The number of benzene rings is 1. The third kappa shape index (κ3) is 12.2. The molecule has 0 spiro atoms. The van der Waals surface area contributed by atoms with E-state index in [0.717, 1.165) is 5.56 Å². The van der Waals surface area contributed by atoms with Crippen molar-refractivity contribution in [1.82, 2.24) is 26.4 Å². The minimum absolute atomic E-state index is 0.0124. The van der Waals surface area contributed by atoms with Crippen LogP contribution in [0.4, 0.5) is 9.59 Å². The van der Waals surface area contributed by atoms with Gasteiger partial charge in [-0.15, -0.1) is 0 Å². The molecule has 0 saturated heterocycles. The van der Waals surface area contributed by atoms with Gasteiger partial charge in [-0.3, -0.25) is 15.0 Å². The number of carbonyl (C=O) groups is 4. The Hall–Kier alpha value is -3.38. The average Bonchev–Trinajstić information content (AvgIpc) is 2.89. The van der Waals surface area contributed by atoms with Crippen LogP contribution in [0.15, 0.2) is 30.3 Å². The first-order valence-electron chi connectivity index (χ1n) is 13.6. The second kappa shape index (κ2) is 17.3. The van der Waals surface area contributed by atoms with Gasteiger partial charge in [-0.25, -0.2) is 14.6 Å². The number of hydrogen-bond acceptors (Lipinski definition) is 8. The average molecular weight is 566 g/mol. The molecular weight excluding hydrogens is 518 g/mol. The van der Waals surface area contributed by atoms with Crippen molar-refractivity contribution >= 4 is 24.0 Å². The molecule has 4 atom stereocenters. The van der Waals surface area contributed by atoms with Crippen LogP contribution in [0.1, 0.15) is 47.1 Å². The molecule has 0 saturated carbocycles. The summed E-state index contributed by atoms with van der Waals surface area (Å²) in [5.74, 6) is -1.29. The van der Waals surface area contributed by atoms with Crippen molar-refractivity contribution in [3.05, 3.63) is 35.9 Å². The molecular formula is C28H47N5O7. The van der Waals surface area contributed by atoms with Crippen LogP contribution in [-0.4, -0.2) is 85.7 Å². The molecule has 40 heavy (non-hydrogen) atoms. The second-order valence-electron chi connectivity index (χ2n) is 10.9. The number of nitrogens with zero attached hydrogens (tertiary/aromatic N) is 1. The highest BCUT2D eigenvalue weighted by Crippen LogP contribution is 2.11. The van der Waals surface area contributed by atoms with E-state index >= 15 is 0 Å². The third-order valence-electron chi connectivity index (χ3n) is 6.17. The summed E-state index contributed by atoms with van der Waals surface area (Å²) in [5.41, 5.74) is 3.70. The van der Waals surface area contributed by atoms with Crippen molar-refractivity contribution in [2.75, 3.05) is 27.3 Å². The van der Waals surface area contributed by atoms with E-state index in [0.29, 0.717) is 13.0 Å². The minimum Gasteiger partial charge on any atom is -0.453 e. The topological polar surface area (TPSA) is 158 Å². The summed E-state index contributed by atoms with van der Waals surface area (Å²) >= 11 is 0. The zero-order valence-corrected chi connectivity index (χ0v) is 24.9. The predicted molar refractivity (Wildman–Crippen MR) is 151 cm³/mol. The zero-order chi connectivity index (χ0) is 30.4. The van der Waals surface area contributed by atoms with Gasteiger partial charge in [-0.05, 0) is 29.7 Å². The molecule has 0 aliphatic carbocycles. The number of ether oxygens (including phenoxy) is 2. The highest BCUT2D eigenvalue weighted by Gasteiger charge is 2.32. The molecule has 0 fully saturated rings. The van der Waals surface area contributed by atoms with Crippen LogP contribution in [-0.2, 0) is 25.5 Å². The molecule has 0 aliphatic rings. The van der Waals surface area contributed by atoms with Crippen molar-refractivity contribution in [3.8, 4) is 0 Å². The number of rotatable bonds is 15. The van der Waals surface area contributed by atoms with Gasteiger partial charge in [-0.2, -0.15) is 0 Å². The van der Waals surface area contributed by atoms with E-state index in [1.165, 1.54) is 14.2 Å². The summed E-state index contributed by atoms with van der Waals surface area (Å²) in [4.78, 5) is 50.0. The molecule has 1 aromatic carbocycles. The molecule has 1 rings (SSSR count). The Morgan fingerprint density at radius 1 is 0.775 bits per heavy atom. The molecule has 0 aromatic heterocycles. The number of hydrogen-bond donors (Lipinski definition) is 5. The van der Waals surface area contributed by atoms with Crippen molar-refractivity contribution in [2.45, 2.75) is 72.2 Å². The van der Waals surface area contributed by atoms with Gasteiger partial charge in [0.2, 0.25) is 5.91 Å². The predicted octanol–water partition coefficient (Wildman–Crippen LogP) is 1.83. The normalized spacial score (nSPS) is 14.3. The van der Waals surface area contributed by atoms with Crippen LogP contribution in [0.5, 0.6) is 0 Å². The Morgan fingerprint density at radius 2 is 1.27 bits per heavy atom. The van der Waals surface area contributed by atoms with E-state index in [1.807, 2.05) is 44.2 Å². The molecule has 4 amide bonds. The second-order valence-corrected chi connectivity index (χ2v) is 10.9. The van der Waals surface area contributed by atoms with E-state index in [2.05, 4.69) is 30.8 Å². The number of amides is 4. The standard InChI is InChI=1S/C28H47N5O7/c1-17(2)15-33(32-26(36)24(19(5)6)31-28(38)40-8)16-22(34)21(14-20-12-10-9-11-13-20)29-25(35)23(18(3)4)30-27(37)39-7/h9-13,17-19,21-24,34H,14-16H2,1-8H3,(H,29,35)(H,30,37)(H,31,38)(H,32,36)/t21-,22-,23-,24-/m0/s1. The summed E-state index contributed by atoms with van der Waals surface area (Å²) in [7, 11) is 2.44. The first-order chi connectivity index (χ1) is 18.8. The number of methoxy groups -OCH3 is 2. The van der Waals surface area contributed by atoms with Crippen molar-refractivity contribution in [1.29, 1.82) is 0 Å². The molecule has 0 bridgehead atoms. The van der Waals surface area contributed by atoms with Crippen LogP contribution in [0.2, 0.25) is 0 Å². The lowest BCUT2D eigenvalue weighted by Crippen LogP contribution is -2.59. The molecule has 1 aromatic rings. The SMILES string of the molecule is COC(=O)N[C@H](C(=O)N[C@@H](Cc1ccccc1)[C@@H](O)CN(CC(C)C)NC(=O)[C@@H](NC(=O)OC)C(C)C)C(C)C. The lowest BCUT2D eigenvalue weighted by atomic mass is 9.98. The molecule has 0 unspecified atom stereocenters. The number of aliphatic hydroxyl groups is 1. The fourth-order valence-electron chi connectivity index (χ4n) is 4.05. The van der Waals surface area contributed by atoms with Gasteiger partial charge in [-0.1, -0.05) is 71.9 Å². The van der Waals surface area contributed by atoms with E-state index in [1.54, 1.807) is 32.7 Å². The smallest absolute Gasteiger partial charge is 0.407 e. The van der Waals surface area contributed by atoms with Gasteiger partial charge in [0.1, 0.15) is 12.1 Å². The molecule has 226 valence electrons. The van der Waals surface area contributed by atoms with E-state index in [9.17, 15) is 24.3 Å². The van der Waals surface area contributed by atoms with Gasteiger partial charge in [0.05, 0.1) is 26.4 Å². The van der Waals surface area contributed by atoms with Gasteiger partial charge < -0.3 is 30.5 Å². The Balaban J connectivity index is 3.18. The monoisotopic (exact) mass is 565 g/mol. The van der Waals surface area contributed by atoms with Crippen LogP contribution in [0, 0.1) is 17.8 Å². The fraction of sp³-hybridized carbons (Fsp3) is 0.643. The lowest BCUT2D eigenvalue weighted by molar-refractivity contribution is -0.131. The number of carbonyl (C=O) groups excluding carboxylic acids is 4. The van der Waals surface area contributed by atoms with E-state index in [-0.39, 0.29) is 24.3 Å². The minimum atomic E-state index is -1.11. The van der Waals surface area contributed by atoms with Crippen LogP contribution < -0.4 is 21.4 Å². The maximum absolute atomic E-state index is 13.3. The number of aliphatic hydroxyl groups excluding tert-OH is 1. The van der Waals surface area contributed by atoms with E-state index in [4.69, 9.17) is 0 Å². The largest absolute Gasteiger partial charge is 0.453 e. The zero-order valence-electron chi connectivity index (χ0n) is 24.9. The first kappa shape index (κ1) is 34.6. The maximum atomic E-state index is 13.3. The van der Waals surface area contributed by atoms with Gasteiger partial charge in [0, 0.05) is 13.1 Å². The molecule has 0 heterocycles. The van der Waals surface area contributed by atoms with Crippen LogP contribution in [0.3, 0.4) is 0 Å². The number of hydrazine groups is 1. The van der Waals surface area contributed by atoms with Crippen molar-refractivity contribution < 1.29 is 33.8 Å². The van der Waals surface area contributed by atoms with Crippen LogP contribution in [0.25, 0.3) is 0 Å². The Bertz CT molecular complexity index is 942. The van der Waals surface area contributed by atoms with Gasteiger partial charge in [0.15, 0.2) is 0 Å². The van der Waals surface area contributed by atoms with Gasteiger partial charge >= 0.3 is 12.2 Å². The quantitative estimate of drug-likeness (QED) is 0.202. The fourth-order valence-corrected chi connectivity index (χ4v) is 4.05. The molecule has 12 heteroatoms. The van der Waals surface area contributed by atoms with Gasteiger partial charge in [0.25, 0.3) is 5.91 Å². The highest BCUT2D eigenvalue weighted by molar-refractivity contribution is 5.86. The Labute approximate surface area is 237 Å².